The molecule has 1 amide bonds. The second-order valence-corrected chi connectivity index (χ2v) is 5.56. The van der Waals surface area contributed by atoms with Gasteiger partial charge in [-0.3, -0.25) is 4.79 Å². The van der Waals surface area contributed by atoms with Crippen molar-refractivity contribution >= 4 is 5.91 Å². The van der Waals surface area contributed by atoms with Crippen LogP contribution in [-0.2, 0) is 0 Å². The van der Waals surface area contributed by atoms with Crippen LogP contribution in [0.5, 0.6) is 0 Å². The van der Waals surface area contributed by atoms with E-state index in [1.807, 2.05) is 29.2 Å². The molecule has 0 spiro atoms. The van der Waals surface area contributed by atoms with Crippen LogP contribution in [0.3, 0.4) is 0 Å². The maximum absolute atomic E-state index is 12.3. The lowest BCUT2D eigenvalue weighted by molar-refractivity contribution is 0.0644. The van der Waals surface area contributed by atoms with E-state index in [4.69, 9.17) is 0 Å². The van der Waals surface area contributed by atoms with E-state index in [9.17, 15) is 4.79 Å². The van der Waals surface area contributed by atoms with Crippen molar-refractivity contribution in [3.8, 4) is 0 Å². The molecule has 1 aromatic carbocycles. The lowest BCUT2D eigenvalue weighted by Gasteiger charge is -2.36. The Kier molecular flexibility index (Phi) is 3.83. The standard InChI is InChI=1S/C16H21N2O/c19-16(14-6-2-1-3-7-14)18-12-8-15(9-13-18)17-10-4-5-11-17/h2-3,6-7,15H,4-5,8-13H2. The number of nitrogens with zero attached hydrogens (tertiary/aromatic N) is 2. The molecule has 0 atom stereocenters. The largest absolute Gasteiger partial charge is 0.339 e. The first-order valence-electron chi connectivity index (χ1n) is 7.34. The number of amides is 1. The van der Waals surface area contributed by atoms with Crippen molar-refractivity contribution in [2.45, 2.75) is 31.7 Å². The van der Waals surface area contributed by atoms with Gasteiger partial charge in [-0.1, -0.05) is 12.1 Å². The second-order valence-electron chi connectivity index (χ2n) is 5.56. The number of carbonyl (C=O) groups is 1. The first kappa shape index (κ1) is 12.7. The molecule has 0 aliphatic carbocycles. The van der Waals surface area contributed by atoms with Crippen LogP contribution < -0.4 is 0 Å². The number of benzene rings is 1. The summed E-state index contributed by atoms with van der Waals surface area (Å²) in [5.74, 6) is 0.175. The molecule has 2 aliphatic rings. The highest BCUT2D eigenvalue weighted by molar-refractivity contribution is 5.94. The van der Waals surface area contributed by atoms with Crippen LogP contribution in [0, 0.1) is 6.07 Å². The molecule has 3 nitrogen and oxygen atoms in total. The van der Waals surface area contributed by atoms with Crippen molar-refractivity contribution in [1.29, 1.82) is 0 Å². The second kappa shape index (κ2) is 5.74. The van der Waals surface area contributed by atoms with E-state index in [2.05, 4.69) is 11.0 Å². The van der Waals surface area contributed by atoms with Gasteiger partial charge in [0.25, 0.3) is 5.91 Å². The summed E-state index contributed by atoms with van der Waals surface area (Å²) in [5.41, 5.74) is 0.790. The summed E-state index contributed by atoms with van der Waals surface area (Å²) in [7, 11) is 0. The summed E-state index contributed by atoms with van der Waals surface area (Å²) in [5, 5.41) is 0. The Balaban J connectivity index is 1.56. The van der Waals surface area contributed by atoms with E-state index in [-0.39, 0.29) is 5.91 Å². The van der Waals surface area contributed by atoms with Crippen LogP contribution in [-0.4, -0.2) is 47.9 Å². The molecule has 101 valence electrons. The third kappa shape index (κ3) is 2.81. The Morgan fingerprint density at radius 3 is 2.32 bits per heavy atom. The third-order valence-electron chi connectivity index (χ3n) is 4.37. The summed E-state index contributed by atoms with van der Waals surface area (Å²) in [6, 6.07) is 11.0. The van der Waals surface area contributed by atoms with Gasteiger partial charge in [0.15, 0.2) is 0 Å². The van der Waals surface area contributed by atoms with E-state index >= 15 is 0 Å². The SMILES string of the molecule is O=C(c1cc[c]cc1)N1CCC(N2CCCC2)CC1. The van der Waals surface area contributed by atoms with Crippen LogP contribution in [0.2, 0.25) is 0 Å². The molecule has 1 radical (unpaired) electrons. The number of hydrogen-bond acceptors (Lipinski definition) is 2. The number of carbonyl (C=O) groups excluding carboxylic acids is 1. The zero-order chi connectivity index (χ0) is 13.1. The fraction of sp³-hybridized carbons (Fsp3) is 0.562. The van der Waals surface area contributed by atoms with Gasteiger partial charge in [0, 0.05) is 24.7 Å². The van der Waals surface area contributed by atoms with Crippen molar-refractivity contribution in [3.05, 3.63) is 35.9 Å². The Bertz CT molecular complexity index is 418. The molecule has 2 fully saturated rings. The van der Waals surface area contributed by atoms with Gasteiger partial charge in [-0.15, -0.1) is 0 Å². The molecular weight excluding hydrogens is 236 g/mol. The minimum atomic E-state index is 0.175. The summed E-state index contributed by atoms with van der Waals surface area (Å²) < 4.78 is 0. The van der Waals surface area contributed by atoms with E-state index in [0.717, 1.165) is 31.5 Å². The average Bonchev–Trinajstić information content (AvgIpc) is 3.02. The monoisotopic (exact) mass is 257 g/mol. The minimum Gasteiger partial charge on any atom is -0.339 e. The number of rotatable bonds is 2. The number of hydrogen-bond donors (Lipinski definition) is 0. The molecular formula is C16H21N2O. The predicted octanol–water partition coefficient (Wildman–Crippen LogP) is 2.19. The molecule has 0 aromatic heterocycles. The summed E-state index contributed by atoms with van der Waals surface area (Å²) in [4.78, 5) is 16.9. The van der Waals surface area contributed by atoms with Crippen molar-refractivity contribution in [1.82, 2.24) is 9.80 Å². The van der Waals surface area contributed by atoms with Gasteiger partial charge in [-0.25, -0.2) is 0 Å². The summed E-state index contributed by atoms with van der Waals surface area (Å²) in [6.07, 6.45) is 4.95. The first-order chi connectivity index (χ1) is 9.34. The molecule has 2 heterocycles. The molecule has 2 saturated heterocycles. The fourth-order valence-electron chi connectivity index (χ4n) is 3.25. The van der Waals surface area contributed by atoms with Crippen molar-refractivity contribution in [2.75, 3.05) is 26.2 Å². The summed E-state index contributed by atoms with van der Waals surface area (Å²) in [6.45, 7) is 4.32. The number of piperidine rings is 1. The fourth-order valence-corrected chi connectivity index (χ4v) is 3.25. The van der Waals surface area contributed by atoms with Crippen molar-refractivity contribution in [3.63, 3.8) is 0 Å². The lowest BCUT2D eigenvalue weighted by Crippen LogP contribution is -2.45. The van der Waals surface area contributed by atoms with Crippen molar-refractivity contribution in [2.24, 2.45) is 0 Å². The van der Waals surface area contributed by atoms with E-state index in [0.29, 0.717) is 6.04 Å². The molecule has 2 aliphatic heterocycles. The van der Waals surface area contributed by atoms with E-state index in [1.54, 1.807) is 0 Å². The summed E-state index contributed by atoms with van der Waals surface area (Å²) >= 11 is 0. The van der Waals surface area contributed by atoms with Gasteiger partial charge in [0.1, 0.15) is 0 Å². The van der Waals surface area contributed by atoms with E-state index in [1.165, 1.54) is 25.9 Å². The lowest BCUT2D eigenvalue weighted by atomic mass is 10.0. The minimum absolute atomic E-state index is 0.175. The first-order valence-corrected chi connectivity index (χ1v) is 7.34. The molecule has 3 heteroatoms. The normalized spacial score (nSPS) is 21.8. The maximum atomic E-state index is 12.3. The van der Waals surface area contributed by atoms with Gasteiger partial charge in [-0.2, -0.15) is 0 Å². The highest BCUT2D eigenvalue weighted by atomic mass is 16.2. The Morgan fingerprint density at radius 1 is 1.05 bits per heavy atom. The van der Waals surface area contributed by atoms with Crippen LogP contribution in [0.1, 0.15) is 36.0 Å². The van der Waals surface area contributed by atoms with Gasteiger partial charge >= 0.3 is 0 Å². The van der Waals surface area contributed by atoms with Crippen LogP contribution in [0.25, 0.3) is 0 Å². The predicted molar refractivity (Wildman–Crippen MR) is 75.0 cm³/mol. The van der Waals surface area contributed by atoms with Crippen LogP contribution in [0.4, 0.5) is 0 Å². The Morgan fingerprint density at radius 2 is 1.68 bits per heavy atom. The van der Waals surface area contributed by atoms with Gasteiger partial charge < -0.3 is 9.80 Å². The zero-order valence-corrected chi connectivity index (χ0v) is 11.3. The molecule has 19 heavy (non-hydrogen) atoms. The molecule has 0 N–H and O–H groups in total. The quantitative estimate of drug-likeness (QED) is 0.811. The molecule has 1 aromatic rings. The van der Waals surface area contributed by atoms with Crippen LogP contribution in [0.15, 0.2) is 24.3 Å². The zero-order valence-electron chi connectivity index (χ0n) is 11.3. The molecule has 0 unspecified atom stereocenters. The topological polar surface area (TPSA) is 23.6 Å². The van der Waals surface area contributed by atoms with Gasteiger partial charge in [-0.05, 0) is 57.0 Å². The average molecular weight is 257 g/mol. The van der Waals surface area contributed by atoms with Gasteiger partial charge in [0.2, 0.25) is 0 Å². The third-order valence-corrected chi connectivity index (χ3v) is 4.37. The van der Waals surface area contributed by atoms with E-state index < -0.39 is 0 Å². The Hall–Kier alpha value is -1.35. The Labute approximate surface area is 115 Å². The van der Waals surface area contributed by atoms with Gasteiger partial charge in [0.05, 0.1) is 0 Å². The maximum Gasteiger partial charge on any atom is 0.253 e. The van der Waals surface area contributed by atoms with Crippen molar-refractivity contribution < 1.29 is 4.79 Å². The van der Waals surface area contributed by atoms with Crippen LogP contribution >= 0.6 is 0 Å². The molecule has 0 bridgehead atoms. The molecule has 3 rings (SSSR count). The highest BCUT2D eigenvalue weighted by Crippen LogP contribution is 2.22. The highest BCUT2D eigenvalue weighted by Gasteiger charge is 2.28. The smallest absolute Gasteiger partial charge is 0.253 e. The molecule has 0 saturated carbocycles. The number of likely N-dealkylation sites (tertiary alicyclic amines) is 2.